The molecule has 0 aliphatic carbocycles. The Morgan fingerprint density at radius 2 is 1.80 bits per heavy atom. The first-order valence-electron chi connectivity index (χ1n) is 8.20. The van der Waals surface area contributed by atoms with Crippen LogP contribution in [0.3, 0.4) is 0 Å². The number of carbonyl (C=O) groups is 1. The number of anilines is 1. The number of carboxylic acid groups (broad SMARTS) is 1. The first-order chi connectivity index (χ1) is 12.1. The number of aromatic carboxylic acids is 1. The van der Waals surface area contributed by atoms with Gasteiger partial charge in [0.25, 0.3) is 0 Å². The Labute approximate surface area is 146 Å². The summed E-state index contributed by atoms with van der Waals surface area (Å²) < 4.78 is 18.6. The van der Waals surface area contributed by atoms with E-state index in [1.807, 2.05) is 12.1 Å². The SMILES string of the molecule is COc1cc(F)ccc1N1CCN(Cc2ccc(C(=O)O)cc2)CC1. The lowest BCUT2D eigenvalue weighted by Gasteiger charge is -2.36. The molecule has 2 aromatic rings. The highest BCUT2D eigenvalue weighted by molar-refractivity contribution is 5.87. The topological polar surface area (TPSA) is 53.0 Å². The van der Waals surface area contributed by atoms with Crippen molar-refractivity contribution in [1.29, 1.82) is 0 Å². The van der Waals surface area contributed by atoms with Crippen LogP contribution in [-0.4, -0.2) is 49.3 Å². The second kappa shape index (κ2) is 7.53. The maximum Gasteiger partial charge on any atom is 0.335 e. The Bertz CT molecular complexity index is 741. The minimum absolute atomic E-state index is 0.302. The van der Waals surface area contributed by atoms with E-state index in [0.29, 0.717) is 11.3 Å². The van der Waals surface area contributed by atoms with Crippen LogP contribution in [0.25, 0.3) is 0 Å². The first kappa shape index (κ1) is 17.2. The molecule has 0 aromatic heterocycles. The van der Waals surface area contributed by atoms with E-state index in [0.717, 1.165) is 44.0 Å². The van der Waals surface area contributed by atoms with Gasteiger partial charge in [0.05, 0.1) is 18.4 Å². The summed E-state index contributed by atoms with van der Waals surface area (Å²) in [5, 5.41) is 8.94. The van der Waals surface area contributed by atoms with Gasteiger partial charge >= 0.3 is 5.97 Å². The van der Waals surface area contributed by atoms with Gasteiger partial charge in [0.15, 0.2) is 0 Å². The van der Waals surface area contributed by atoms with Crippen molar-refractivity contribution in [3.8, 4) is 5.75 Å². The number of rotatable bonds is 5. The van der Waals surface area contributed by atoms with Gasteiger partial charge in [0, 0.05) is 38.8 Å². The highest BCUT2D eigenvalue weighted by Crippen LogP contribution is 2.29. The Balaban J connectivity index is 1.59. The molecule has 1 aliphatic rings. The molecule has 0 amide bonds. The van der Waals surface area contributed by atoms with E-state index in [9.17, 15) is 9.18 Å². The summed E-state index contributed by atoms with van der Waals surface area (Å²) in [6, 6.07) is 11.6. The van der Waals surface area contributed by atoms with Gasteiger partial charge < -0.3 is 14.7 Å². The normalized spacial score (nSPS) is 15.2. The number of carboxylic acids is 1. The molecule has 0 saturated carbocycles. The van der Waals surface area contributed by atoms with E-state index >= 15 is 0 Å². The zero-order chi connectivity index (χ0) is 17.8. The van der Waals surface area contributed by atoms with Crippen LogP contribution in [0.2, 0.25) is 0 Å². The van der Waals surface area contributed by atoms with Crippen molar-refractivity contribution in [3.05, 3.63) is 59.4 Å². The average molecular weight is 344 g/mol. The van der Waals surface area contributed by atoms with Crippen molar-refractivity contribution >= 4 is 11.7 Å². The van der Waals surface area contributed by atoms with E-state index in [4.69, 9.17) is 9.84 Å². The number of halogens is 1. The molecule has 25 heavy (non-hydrogen) atoms. The summed E-state index contributed by atoms with van der Waals surface area (Å²) in [7, 11) is 1.55. The quantitative estimate of drug-likeness (QED) is 0.904. The van der Waals surface area contributed by atoms with Crippen LogP contribution in [0.4, 0.5) is 10.1 Å². The predicted octanol–water partition coefficient (Wildman–Crippen LogP) is 2.85. The molecule has 0 bridgehead atoms. The summed E-state index contributed by atoms with van der Waals surface area (Å²) in [6.45, 7) is 4.20. The Morgan fingerprint density at radius 1 is 1.12 bits per heavy atom. The second-order valence-corrected chi connectivity index (χ2v) is 6.08. The predicted molar refractivity (Wildman–Crippen MR) is 93.8 cm³/mol. The molecule has 132 valence electrons. The lowest BCUT2D eigenvalue weighted by Crippen LogP contribution is -2.46. The molecule has 2 aromatic carbocycles. The van der Waals surface area contributed by atoms with Crippen LogP contribution in [0, 0.1) is 5.82 Å². The molecule has 0 spiro atoms. The third kappa shape index (κ3) is 4.09. The van der Waals surface area contributed by atoms with Gasteiger partial charge in [0.2, 0.25) is 0 Å². The maximum absolute atomic E-state index is 13.3. The fourth-order valence-corrected chi connectivity index (χ4v) is 3.07. The number of piperazine rings is 1. The molecule has 0 radical (unpaired) electrons. The van der Waals surface area contributed by atoms with Gasteiger partial charge in [-0.25, -0.2) is 9.18 Å². The van der Waals surface area contributed by atoms with E-state index in [-0.39, 0.29) is 5.82 Å². The molecular formula is C19H21FN2O3. The molecule has 1 aliphatic heterocycles. The van der Waals surface area contributed by atoms with Crippen LogP contribution in [0.1, 0.15) is 15.9 Å². The van der Waals surface area contributed by atoms with E-state index in [1.165, 1.54) is 12.1 Å². The van der Waals surface area contributed by atoms with Gasteiger partial charge in [-0.3, -0.25) is 4.90 Å². The van der Waals surface area contributed by atoms with Crippen LogP contribution in [-0.2, 0) is 6.54 Å². The Morgan fingerprint density at radius 3 is 2.40 bits per heavy atom. The van der Waals surface area contributed by atoms with Gasteiger partial charge in [-0.1, -0.05) is 12.1 Å². The number of hydrogen-bond donors (Lipinski definition) is 1. The average Bonchev–Trinajstić information content (AvgIpc) is 2.63. The molecule has 3 rings (SSSR count). The zero-order valence-corrected chi connectivity index (χ0v) is 14.1. The largest absolute Gasteiger partial charge is 0.494 e. The fraction of sp³-hybridized carbons (Fsp3) is 0.316. The van der Waals surface area contributed by atoms with Crippen LogP contribution >= 0.6 is 0 Å². The Hall–Kier alpha value is -2.60. The van der Waals surface area contributed by atoms with Gasteiger partial charge in [-0.2, -0.15) is 0 Å². The smallest absolute Gasteiger partial charge is 0.335 e. The molecule has 1 saturated heterocycles. The molecular weight excluding hydrogens is 323 g/mol. The minimum Gasteiger partial charge on any atom is -0.494 e. The summed E-state index contributed by atoms with van der Waals surface area (Å²) in [6.07, 6.45) is 0. The van der Waals surface area contributed by atoms with E-state index in [1.54, 1.807) is 25.3 Å². The number of benzene rings is 2. The lowest BCUT2D eigenvalue weighted by molar-refractivity contribution is 0.0697. The molecule has 1 N–H and O–H groups in total. The van der Waals surface area contributed by atoms with Gasteiger partial charge in [-0.05, 0) is 29.8 Å². The van der Waals surface area contributed by atoms with Crippen molar-refractivity contribution in [2.45, 2.75) is 6.54 Å². The van der Waals surface area contributed by atoms with Crippen molar-refractivity contribution < 1.29 is 19.0 Å². The number of methoxy groups -OCH3 is 1. The molecule has 1 fully saturated rings. The summed E-state index contributed by atoms with van der Waals surface area (Å²) in [4.78, 5) is 15.4. The highest BCUT2D eigenvalue weighted by atomic mass is 19.1. The molecule has 0 atom stereocenters. The molecule has 5 nitrogen and oxygen atoms in total. The van der Waals surface area contributed by atoms with Crippen molar-refractivity contribution in [3.63, 3.8) is 0 Å². The lowest BCUT2D eigenvalue weighted by atomic mass is 10.1. The van der Waals surface area contributed by atoms with Gasteiger partial charge in [-0.15, -0.1) is 0 Å². The zero-order valence-electron chi connectivity index (χ0n) is 14.1. The third-order valence-electron chi connectivity index (χ3n) is 4.46. The molecule has 1 heterocycles. The standard InChI is InChI=1S/C19H21FN2O3/c1-25-18-12-16(20)6-7-17(18)22-10-8-21(9-11-22)13-14-2-4-15(5-3-14)19(23)24/h2-7,12H,8-11,13H2,1H3,(H,23,24). The summed E-state index contributed by atoms with van der Waals surface area (Å²) >= 11 is 0. The highest BCUT2D eigenvalue weighted by Gasteiger charge is 2.20. The number of nitrogens with zero attached hydrogens (tertiary/aromatic N) is 2. The molecule has 0 unspecified atom stereocenters. The number of ether oxygens (including phenoxy) is 1. The van der Waals surface area contributed by atoms with Crippen LogP contribution in [0.15, 0.2) is 42.5 Å². The van der Waals surface area contributed by atoms with E-state index in [2.05, 4.69) is 9.80 Å². The van der Waals surface area contributed by atoms with Crippen LogP contribution in [0.5, 0.6) is 5.75 Å². The Kier molecular flexibility index (Phi) is 5.19. The number of hydrogen-bond acceptors (Lipinski definition) is 4. The van der Waals surface area contributed by atoms with Crippen LogP contribution < -0.4 is 9.64 Å². The monoisotopic (exact) mass is 344 g/mol. The van der Waals surface area contributed by atoms with Crippen molar-refractivity contribution in [1.82, 2.24) is 4.90 Å². The second-order valence-electron chi connectivity index (χ2n) is 6.08. The summed E-state index contributed by atoms with van der Waals surface area (Å²) in [5.41, 5.74) is 2.31. The maximum atomic E-state index is 13.3. The van der Waals surface area contributed by atoms with Gasteiger partial charge in [0.1, 0.15) is 11.6 Å². The molecule has 6 heteroatoms. The third-order valence-corrected chi connectivity index (χ3v) is 4.46. The first-order valence-corrected chi connectivity index (χ1v) is 8.20. The van der Waals surface area contributed by atoms with Crippen molar-refractivity contribution in [2.75, 3.05) is 38.2 Å². The minimum atomic E-state index is -0.909. The van der Waals surface area contributed by atoms with Crippen molar-refractivity contribution in [2.24, 2.45) is 0 Å². The van der Waals surface area contributed by atoms with E-state index < -0.39 is 5.97 Å². The summed E-state index contributed by atoms with van der Waals surface area (Å²) in [5.74, 6) is -0.657. The fourth-order valence-electron chi connectivity index (χ4n) is 3.07.